The number of hydrogen-bond donors (Lipinski definition) is 0. The maximum atomic E-state index is 11.3. The number of Topliss-reactive ketones (excluding diaryl/α,β-unsaturated/α-hetero) is 1. The summed E-state index contributed by atoms with van der Waals surface area (Å²) in [7, 11) is 0. The van der Waals surface area contributed by atoms with E-state index in [0.29, 0.717) is 17.0 Å². The number of hydrogen-bond acceptors (Lipinski definition) is 2. The molecular weight excluding hydrogens is 174 g/mol. The average Bonchev–Trinajstić information content (AvgIpc) is 2.07. The molecule has 0 amide bonds. The number of carbonyl (C=O) groups excluding carboxylic acids is 1. The Balaban J connectivity index is 2.63. The monoisotopic (exact) mass is 179 g/mol. The molecule has 0 N–H and O–H groups in total. The first-order valence-corrected chi connectivity index (χ1v) is 4.00. The number of aliphatic imine (C=N–C) groups is 1. The fourth-order valence-electron chi connectivity index (χ4n) is 1.18. The molecule has 60 valence electrons. The second kappa shape index (κ2) is 2.72. The quantitative estimate of drug-likeness (QED) is 0.602. The lowest BCUT2D eigenvalue weighted by molar-refractivity contribution is 0.100. The van der Waals surface area contributed by atoms with E-state index in [4.69, 9.17) is 11.6 Å². The van der Waals surface area contributed by atoms with Gasteiger partial charge in [0.15, 0.2) is 5.78 Å². The molecule has 1 aromatic rings. The van der Waals surface area contributed by atoms with Gasteiger partial charge in [-0.15, -0.1) is 0 Å². The number of halogens is 1. The molecule has 1 aliphatic heterocycles. The van der Waals surface area contributed by atoms with Crippen LogP contribution in [0, 0.1) is 0 Å². The molecule has 0 bridgehead atoms. The molecule has 1 aromatic carbocycles. The number of nitrogens with zero attached hydrogens (tertiary/aromatic N) is 1. The molecule has 0 saturated carbocycles. The van der Waals surface area contributed by atoms with Crippen LogP contribution >= 0.6 is 11.6 Å². The zero-order chi connectivity index (χ0) is 8.55. The summed E-state index contributed by atoms with van der Waals surface area (Å²) in [5.74, 6) is 0.0856. The molecule has 0 spiro atoms. The van der Waals surface area contributed by atoms with Crippen molar-refractivity contribution in [3.63, 3.8) is 0 Å². The predicted octanol–water partition coefficient (Wildman–Crippen LogP) is 2.63. The van der Waals surface area contributed by atoms with Crippen LogP contribution in [0.25, 0.3) is 0 Å². The summed E-state index contributed by atoms with van der Waals surface area (Å²) in [6.07, 6.45) is 2.01. The molecule has 0 saturated heterocycles. The highest BCUT2D eigenvalue weighted by Gasteiger charge is 2.13. The number of benzene rings is 1. The Morgan fingerprint density at radius 1 is 1.42 bits per heavy atom. The zero-order valence-electron chi connectivity index (χ0n) is 6.25. The molecular formula is C9H6ClNO. The van der Waals surface area contributed by atoms with Gasteiger partial charge in [-0.1, -0.05) is 11.6 Å². The Bertz CT molecular complexity index is 371. The standard InChI is InChI=1S/C9H6ClNO/c10-6-1-2-8-7(5-6)9(12)3-4-11-8/h1-2,4-5H,3H2. The Kier molecular flexibility index (Phi) is 1.70. The molecule has 0 aromatic heterocycles. The van der Waals surface area contributed by atoms with E-state index in [-0.39, 0.29) is 5.78 Å². The average molecular weight is 180 g/mol. The topological polar surface area (TPSA) is 29.4 Å². The van der Waals surface area contributed by atoms with E-state index in [1.807, 2.05) is 0 Å². The van der Waals surface area contributed by atoms with Crippen molar-refractivity contribution in [2.24, 2.45) is 4.99 Å². The number of fused-ring (bicyclic) bond motifs is 1. The third-order valence-electron chi connectivity index (χ3n) is 1.77. The Morgan fingerprint density at radius 2 is 2.25 bits per heavy atom. The van der Waals surface area contributed by atoms with Gasteiger partial charge in [0.2, 0.25) is 0 Å². The van der Waals surface area contributed by atoms with Crippen molar-refractivity contribution in [3.8, 4) is 0 Å². The van der Waals surface area contributed by atoms with Crippen LogP contribution in [-0.4, -0.2) is 12.0 Å². The number of carbonyl (C=O) groups is 1. The van der Waals surface area contributed by atoms with Gasteiger partial charge in [0.05, 0.1) is 5.69 Å². The van der Waals surface area contributed by atoms with E-state index in [2.05, 4.69) is 4.99 Å². The van der Waals surface area contributed by atoms with Crippen LogP contribution in [0.4, 0.5) is 5.69 Å². The van der Waals surface area contributed by atoms with Gasteiger partial charge in [0, 0.05) is 23.2 Å². The smallest absolute Gasteiger partial charge is 0.170 e. The van der Waals surface area contributed by atoms with E-state index < -0.39 is 0 Å². The van der Waals surface area contributed by atoms with Crippen LogP contribution in [0.15, 0.2) is 23.2 Å². The highest BCUT2D eigenvalue weighted by atomic mass is 35.5. The summed E-state index contributed by atoms with van der Waals surface area (Å²) in [6.45, 7) is 0. The zero-order valence-corrected chi connectivity index (χ0v) is 7.01. The van der Waals surface area contributed by atoms with E-state index in [0.717, 1.165) is 5.69 Å². The highest BCUT2D eigenvalue weighted by Crippen LogP contribution is 2.26. The lowest BCUT2D eigenvalue weighted by atomic mass is 10.0. The van der Waals surface area contributed by atoms with Gasteiger partial charge in [-0.2, -0.15) is 0 Å². The third kappa shape index (κ3) is 1.14. The van der Waals surface area contributed by atoms with E-state index in [1.54, 1.807) is 24.4 Å². The molecule has 12 heavy (non-hydrogen) atoms. The molecule has 0 radical (unpaired) electrons. The summed E-state index contributed by atoms with van der Waals surface area (Å²) in [5, 5.41) is 0.583. The lowest BCUT2D eigenvalue weighted by Gasteiger charge is -2.07. The molecule has 0 unspecified atom stereocenters. The molecule has 0 aliphatic carbocycles. The second-order valence-corrected chi connectivity index (χ2v) is 3.04. The van der Waals surface area contributed by atoms with Crippen LogP contribution in [-0.2, 0) is 0 Å². The fourth-order valence-corrected chi connectivity index (χ4v) is 1.35. The van der Waals surface area contributed by atoms with Gasteiger partial charge in [0.1, 0.15) is 0 Å². The van der Waals surface area contributed by atoms with Crippen molar-refractivity contribution in [2.45, 2.75) is 6.42 Å². The van der Waals surface area contributed by atoms with Crippen LogP contribution in [0.3, 0.4) is 0 Å². The molecule has 2 nitrogen and oxygen atoms in total. The molecule has 1 aliphatic rings. The van der Waals surface area contributed by atoms with Gasteiger partial charge in [-0.25, -0.2) is 0 Å². The minimum atomic E-state index is 0.0856. The summed E-state index contributed by atoms with van der Waals surface area (Å²) in [5.41, 5.74) is 1.35. The highest BCUT2D eigenvalue weighted by molar-refractivity contribution is 6.31. The third-order valence-corrected chi connectivity index (χ3v) is 2.00. The van der Waals surface area contributed by atoms with Crippen molar-refractivity contribution in [1.82, 2.24) is 0 Å². The van der Waals surface area contributed by atoms with Gasteiger partial charge in [0.25, 0.3) is 0 Å². The van der Waals surface area contributed by atoms with Crippen LogP contribution in [0.2, 0.25) is 5.02 Å². The SMILES string of the molecule is O=C1CC=Nc2ccc(Cl)cc21. The van der Waals surface area contributed by atoms with E-state index in [1.165, 1.54) is 0 Å². The molecule has 1 heterocycles. The van der Waals surface area contributed by atoms with Crippen molar-refractivity contribution in [2.75, 3.05) is 0 Å². The molecule has 0 atom stereocenters. The van der Waals surface area contributed by atoms with Crippen molar-refractivity contribution >= 4 is 29.3 Å². The van der Waals surface area contributed by atoms with Crippen molar-refractivity contribution < 1.29 is 4.79 Å². The van der Waals surface area contributed by atoms with Gasteiger partial charge < -0.3 is 0 Å². The first kappa shape index (κ1) is 7.50. The normalized spacial score (nSPS) is 14.6. The first-order valence-electron chi connectivity index (χ1n) is 3.62. The summed E-state index contributed by atoms with van der Waals surface area (Å²) in [4.78, 5) is 15.4. The van der Waals surface area contributed by atoms with Crippen molar-refractivity contribution in [1.29, 1.82) is 0 Å². The molecule has 0 fully saturated rings. The largest absolute Gasteiger partial charge is 0.294 e. The van der Waals surface area contributed by atoms with Gasteiger partial charge >= 0.3 is 0 Å². The Hall–Kier alpha value is -1.15. The Labute approximate surface area is 74.9 Å². The molecule has 3 heteroatoms. The minimum Gasteiger partial charge on any atom is -0.294 e. The first-order chi connectivity index (χ1) is 5.77. The fraction of sp³-hybridized carbons (Fsp3) is 0.111. The second-order valence-electron chi connectivity index (χ2n) is 2.60. The minimum absolute atomic E-state index is 0.0856. The van der Waals surface area contributed by atoms with Crippen molar-refractivity contribution in [3.05, 3.63) is 28.8 Å². The maximum Gasteiger partial charge on any atom is 0.170 e. The van der Waals surface area contributed by atoms with Gasteiger partial charge in [-0.05, 0) is 18.2 Å². The Morgan fingerprint density at radius 3 is 3.08 bits per heavy atom. The van der Waals surface area contributed by atoms with Gasteiger partial charge in [-0.3, -0.25) is 9.79 Å². The van der Waals surface area contributed by atoms with E-state index in [9.17, 15) is 4.79 Å². The summed E-state index contributed by atoms with van der Waals surface area (Å²) >= 11 is 5.74. The lowest BCUT2D eigenvalue weighted by Crippen LogP contribution is -2.03. The van der Waals surface area contributed by atoms with Crippen LogP contribution in [0.1, 0.15) is 16.8 Å². The summed E-state index contributed by atoms with van der Waals surface area (Å²) < 4.78 is 0. The maximum absolute atomic E-state index is 11.3. The van der Waals surface area contributed by atoms with Crippen LogP contribution in [0.5, 0.6) is 0 Å². The summed E-state index contributed by atoms with van der Waals surface area (Å²) in [6, 6.07) is 5.15. The van der Waals surface area contributed by atoms with Crippen LogP contribution < -0.4 is 0 Å². The number of ketones is 1. The molecule has 2 rings (SSSR count). The van der Waals surface area contributed by atoms with E-state index >= 15 is 0 Å². The number of rotatable bonds is 0. The predicted molar refractivity (Wildman–Crippen MR) is 48.6 cm³/mol.